The zero-order valence-electron chi connectivity index (χ0n) is 5.81. The van der Waals surface area contributed by atoms with E-state index in [-0.39, 0.29) is 0 Å². The normalized spacial score (nSPS) is 28.3. The lowest BCUT2D eigenvalue weighted by molar-refractivity contribution is 0.634. The van der Waals surface area contributed by atoms with Crippen molar-refractivity contribution in [2.45, 2.75) is 30.9 Å². The summed E-state index contributed by atoms with van der Waals surface area (Å²) < 4.78 is 0. The van der Waals surface area contributed by atoms with Crippen molar-refractivity contribution in [1.29, 1.82) is 0 Å². The average molecular weight is 145 g/mol. The summed E-state index contributed by atoms with van der Waals surface area (Å²) in [5, 5.41) is 0.892. The van der Waals surface area contributed by atoms with Crippen LogP contribution >= 0.6 is 11.8 Å². The molecule has 54 valence electrons. The summed E-state index contributed by atoms with van der Waals surface area (Å²) in [4.78, 5) is 0. The van der Waals surface area contributed by atoms with Gasteiger partial charge in [-0.25, -0.2) is 0 Å². The Labute approximate surface area is 61.4 Å². The maximum atomic E-state index is 5.45. The van der Waals surface area contributed by atoms with Crippen LogP contribution in [0.15, 0.2) is 0 Å². The highest BCUT2D eigenvalue weighted by atomic mass is 32.2. The highest BCUT2D eigenvalue weighted by Crippen LogP contribution is 2.26. The molecular formula is C7H15NS. The molecule has 0 aromatic rings. The number of rotatable bonds is 2. The molecule has 0 radical (unpaired) electrons. The van der Waals surface area contributed by atoms with E-state index in [1.54, 1.807) is 0 Å². The van der Waals surface area contributed by atoms with Crippen LogP contribution < -0.4 is 5.73 Å². The molecule has 1 aliphatic heterocycles. The van der Waals surface area contributed by atoms with E-state index in [9.17, 15) is 0 Å². The molecule has 0 spiro atoms. The van der Waals surface area contributed by atoms with Crippen LogP contribution in [0.2, 0.25) is 0 Å². The first-order chi connectivity index (χ1) is 4.43. The Hall–Kier alpha value is 0.310. The average Bonchev–Trinajstić information content (AvgIpc) is 1.91. The van der Waals surface area contributed by atoms with Crippen molar-refractivity contribution in [2.24, 2.45) is 5.73 Å². The molecular weight excluding hydrogens is 130 g/mol. The molecule has 0 bridgehead atoms. The first-order valence-electron chi connectivity index (χ1n) is 3.75. The highest BCUT2D eigenvalue weighted by molar-refractivity contribution is 7.99. The molecule has 0 aromatic carbocycles. The van der Waals surface area contributed by atoms with Gasteiger partial charge >= 0.3 is 0 Å². The predicted octanol–water partition coefficient (Wildman–Crippen LogP) is 1.62. The van der Waals surface area contributed by atoms with Crippen LogP contribution in [0.4, 0.5) is 0 Å². The Morgan fingerprint density at radius 2 is 2.33 bits per heavy atom. The number of nitrogens with two attached hydrogens (primary N) is 1. The van der Waals surface area contributed by atoms with Gasteiger partial charge in [0.15, 0.2) is 0 Å². The summed E-state index contributed by atoms with van der Waals surface area (Å²) in [6.45, 7) is 0.873. The van der Waals surface area contributed by atoms with Crippen molar-refractivity contribution in [3.8, 4) is 0 Å². The van der Waals surface area contributed by atoms with Crippen molar-refractivity contribution in [1.82, 2.24) is 0 Å². The maximum Gasteiger partial charge on any atom is 0.00590 e. The Morgan fingerprint density at radius 3 is 2.89 bits per heavy atom. The van der Waals surface area contributed by atoms with Crippen molar-refractivity contribution >= 4 is 11.8 Å². The summed E-state index contributed by atoms with van der Waals surface area (Å²) in [6, 6.07) is 0. The van der Waals surface area contributed by atoms with Gasteiger partial charge in [-0.3, -0.25) is 0 Å². The van der Waals surface area contributed by atoms with Crippen LogP contribution in [0.3, 0.4) is 0 Å². The third-order valence-corrected chi connectivity index (χ3v) is 3.23. The topological polar surface area (TPSA) is 26.0 Å². The van der Waals surface area contributed by atoms with Gasteiger partial charge in [0.25, 0.3) is 0 Å². The summed E-state index contributed by atoms with van der Waals surface area (Å²) in [5.41, 5.74) is 5.45. The Bertz CT molecular complexity index is 66.6. The lowest BCUT2D eigenvalue weighted by Gasteiger charge is -2.19. The van der Waals surface area contributed by atoms with Crippen molar-refractivity contribution in [3.63, 3.8) is 0 Å². The van der Waals surface area contributed by atoms with Gasteiger partial charge in [0.05, 0.1) is 0 Å². The van der Waals surface area contributed by atoms with Gasteiger partial charge in [0, 0.05) is 5.25 Å². The zero-order valence-corrected chi connectivity index (χ0v) is 6.62. The third-order valence-electron chi connectivity index (χ3n) is 1.76. The number of hydrogen-bond acceptors (Lipinski definition) is 2. The second-order valence-corrected chi connectivity index (χ2v) is 3.97. The SMILES string of the molecule is NCCC1CCCCS1. The number of thioether (sulfide) groups is 1. The largest absolute Gasteiger partial charge is 0.330 e. The molecule has 1 unspecified atom stereocenters. The van der Waals surface area contributed by atoms with E-state index in [1.807, 2.05) is 0 Å². The smallest absolute Gasteiger partial charge is 0.00590 e. The monoisotopic (exact) mass is 145 g/mol. The standard InChI is InChI=1S/C7H15NS/c8-5-4-7-3-1-2-6-9-7/h7H,1-6,8H2. The van der Waals surface area contributed by atoms with Gasteiger partial charge in [0.1, 0.15) is 0 Å². The van der Waals surface area contributed by atoms with Crippen molar-refractivity contribution in [2.75, 3.05) is 12.3 Å². The van der Waals surface area contributed by atoms with Gasteiger partial charge in [-0.2, -0.15) is 11.8 Å². The van der Waals surface area contributed by atoms with Gasteiger partial charge in [0.2, 0.25) is 0 Å². The van der Waals surface area contributed by atoms with E-state index in [1.165, 1.54) is 31.4 Å². The fourth-order valence-electron chi connectivity index (χ4n) is 1.22. The lowest BCUT2D eigenvalue weighted by atomic mass is 10.1. The highest BCUT2D eigenvalue weighted by Gasteiger charge is 2.11. The van der Waals surface area contributed by atoms with Crippen LogP contribution in [0.1, 0.15) is 25.7 Å². The van der Waals surface area contributed by atoms with Crippen LogP contribution in [0.25, 0.3) is 0 Å². The van der Waals surface area contributed by atoms with Crippen LogP contribution in [-0.2, 0) is 0 Å². The van der Waals surface area contributed by atoms with E-state index < -0.39 is 0 Å². The second kappa shape index (κ2) is 4.18. The van der Waals surface area contributed by atoms with E-state index in [4.69, 9.17) is 5.73 Å². The van der Waals surface area contributed by atoms with E-state index >= 15 is 0 Å². The van der Waals surface area contributed by atoms with Crippen LogP contribution in [0.5, 0.6) is 0 Å². The number of hydrogen-bond donors (Lipinski definition) is 1. The Kier molecular flexibility index (Phi) is 3.44. The first-order valence-corrected chi connectivity index (χ1v) is 4.80. The fourth-order valence-corrected chi connectivity index (χ4v) is 2.56. The second-order valence-electron chi connectivity index (χ2n) is 2.57. The molecule has 1 aliphatic rings. The minimum absolute atomic E-state index is 0.873. The van der Waals surface area contributed by atoms with E-state index in [2.05, 4.69) is 11.8 Å². The van der Waals surface area contributed by atoms with E-state index in [0.29, 0.717) is 0 Å². The molecule has 0 amide bonds. The molecule has 1 fully saturated rings. The third kappa shape index (κ3) is 2.59. The Balaban J connectivity index is 2.08. The van der Waals surface area contributed by atoms with Crippen LogP contribution in [0, 0.1) is 0 Å². The molecule has 2 heteroatoms. The molecule has 1 atom stereocenters. The molecule has 1 saturated heterocycles. The predicted molar refractivity (Wildman–Crippen MR) is 43.8 cm³/mol. The molecule has 1 rings (SSSR count). The molecule has 0 saturated carbocycles. The molecule has 9 heavy (non-hydrogen) atoms. The quantitative estimate of drug-likeness (QED) is 0.639. The minimum atomic E-state index is 0.873. The van der Waals surface area contributed by atoms with Gasteiger partial charge < -0.3 is 5.73 Å². The van der Waals surface area contributed by atoms with Gasteiger partial charge in [-0.15, -0.1) is 0 Å². The summed E-state index contributed by atoms with van der Waals surface area (Å²) in [5.74, 6) is 1.37. The molecule has 0 aromatic heterocycles. The summed E-state index contributed by atoms with van der Waals surface area (Å²) in [6.07, 6.45) is 5.48. The molecule has 2 N–H and O–H groups in total. The lowest BCUT2D eigenvalue weighted by Crippen LogP contribution is -2.14. The van der Waals surface area contributed by atoms with E-state index in [0.717, 1.165) is 11.8 Å². The van der Waals surface area contributed by atoms with Gasteiger partial charge in [-0.1, -0.05) is 6.42 Å². The van der Waals surface area contributed by atoms with Crippen LogP contribution in [-0.4, -0.2) is 17.5 Å². The first kappa shape index (κ1) is 7.42. The minimum Gasteiger partial charge on any atom is -0.330 e. The Morgan fingerprint density at radius 1 is 1.44 bits per heavy atom. The summed E-state index contributed by atoms with van der Waals surface area (Å²) in [7, 11) is 0. The fraction of sp³-hybridized carbons (Fsp3) is 1.00. The van der Waals surface area contributed by atoms with Gasteiger partial charge in [-0.05, 0) is 31.6 Å². The summed E-state index contributed by atoms with van der Waals surface area (Å²) >= 11 is 2.11. The maximum absolute atomic E-state index is 5.45. The molecule has 1 heterocycles. The molecule has 1 nitrogen and oxygen atoms in total. The van der Waals surface area contributed by atoms with Crippen molar-refractivity contribution in [3.05, 3.63) is 0 Å². The van der Waals surface area contributed by atoms with Crippen molar-refractivity contribution < 1.29 is 0 Å². The molecule has 0 aliphatic carbocycles. The zero-order chi connectivity index (χ0) is 6.53.